The number of hydrogen-bond donors (Lipinski definition) is 1. The van der Waals surface area contributed by atoms with Gasteiger partial charge in [-0.25, -0.2) is 4.98 Å². The molecule has 2 aliphatic rings. The van der Waals surface area contributed by atoms with Crippen molar-refractivity contribution in [2.75, 3.05) is 26.2 Å². The number of rotatable bonds is 6. The Labute approximate surface area is 206 Å². The fraction of sp³-hybridized carbons (Fsp3) is 0.519. The first-order chi connectivity index (χ1) is 16.1. The molecule has 34 heavy (non-hydrogen) atoms. The molecule has 1 amide bonds. The molecule has 6 nitrogen and oxygen atoms in total. The summed E-state index contributed by atoms with van der Waals surface area (Å²) in [5.41, 5.74) is 2.81. The van der Waals surface area contributed by atoms with Gasteiger partial charge in [-0.3, -0.25) is 9.59 Å². The van der Waals surface area contributed by atoms with E-state index in [9.17, 15) is 14.7 Å². The van der Waals surface area contributed by atoms with Crippen molar-refractivity contribution in [3.05, 3.63) is 62.3 Å². The summed E-state index contributed by atoms with van der Waals surface area (Å²) in [6.45, 7) is 13.4. The standard InChI is InChI=1S/C27H35N3O3S/c1-17-25(34-18(2)28-17)23(31)21-22(19-9-11-20(12-10-19)27(3,4)5)30(26(33)24(21)32)16-15-29-13-7-6-8-14-29/h9-12,22,32H,6-8,13-16H2,1-5H3. The van der Waals surface area contributed by atoms with E-state index < -0.39 is 17.7 Å². The Bertz CT molecular complexity index is 1110. The smallest absolute Gasteiger partial charge is 0.290 e. The number of benzene rings is 1. The zero-order chi connectivity index (χ0) is 24.6. The van der Waals surface area contributed by atoms with E-state index in [0.29, 0.717) is 17.1 Å². The Balaban J connectivity index is 1.71. The highest BCUT2D eigenvalue weighted by Gasteiger charge is 2.44. The summed E-state index contributed by atoms with van der Waals surface area (Å²) in [7, 11) is 0. The van der Waals surface area contributed by atoms with Gasteiger partial charge >= 0.3 is 0 Å². The van der Waals surface area contributed by atoms with Crippen LogP contribution >= 0.6 is 11.3 Å². The Morgan fingerprint density at radius 2 is 1.74 bits per heavy atom. The zero-order valence-electron chi connectivity index (χ0n) is 20.9. The number of thiazole rings is 1. The molecule has 0 radical (unpaired) electrons. The number of aliphatic hydroxyl groups is 1. The molecule has 3 heterocycles. The molecule has 7 heteroatoms. The van der Waals surface area contributed by atoms with Crippen LogP contribution in [0.1, 0.15) is 77.6 Å². The first-order valence-electron chi connectivity index (χ1n) is 12.1. The summed E-state index contributed by atoms with van der Waals surface area (Å²) in [5, 5.41) is 11.7. The maximum atomic E-state index is 13.7. The van der Waals surface area contributed by atoms with Gasteiger partial charge in [-0.2, -0.15) is 0 Å². The lowest BCUT2D eigenvalue weighted by atomic mass is 9.85. The van der Waals surface area contributed by atoms with Gasteiger partial charge < -0.3 is 14.9 Å². The molecule has 182 valence electrons. The van der Waals surface area contributed by atoms with Crippen molar-refractivity contribution in [1.29, 1.82) is 0 Å². The molecule has 2 aliphatic heterocycles. The predicted octanol–water partition coefficient (Wildman–Crippen LogP) is 5.12. The minimum Gasteiger partial charge on any atom is -0.503 e. The van der Waals surface area contributed by atoms with Crippen molar-refractivity contribution >= 4 is 23.0 Å². The number of carbonyl (C=O) groups is 2. The summed E-state index contributed by atoms with van der Waals surface area (Å²) in [6, 6.07) is 7.48. The fourth-order valence-corrected chi connectivity index (χ4v) is 5.80. The Morgan fingerprint density at radius 3 is 2.29 bits per heavy atom. The van der Waals surface area contributed by atoms with Gasteiger partial charge in [0.25, 0.3) is 5.91 Å². The number of carbonyl (C=O) groups excluding carboxylic acids is 2. The average molecular weight is 482 g/mol. The van der Waals surface area contributed by atoms with Crippen LogP contribution in [-0.2, 0) is 10.2 Å². The Hall–Kier alpha value is -2.51. The van der Waals surface area contributed by atoms with Gasteiger partial charge in [0.1, 0.15) is 0 Å². The summed E-state index contributed by atoms with van der Waals surface area (Å²) in [6.07, 6.45) is 3.59. The number of piperidine rings is 1. The highest BCUT2D eigenvalue weighted by atomic mass is 32.1. The summed E-state index contributed by atoms with van der Waals surface area (Å²) >= 11 is 1.31. The molecule has 2 aromatic rings. The number of hydrogen-bond acceptors (Lipinski definition) is 6. The van der Waals surface area contributed by atoms with Crippen LogP contribution in [0.2, 0.25) is 0 Å². The van der Waals surface area contributed by atoms with E-state index in [2.05, 4.69) is 42.8 Å². The van der Waals surface area contributed by atoms with E-state index >= 15 is 0 Å². The van der Waals surface area contributed by atoms with Crippen molar-refractivity contribution in [1.82, 2.24) is 14.8 Å². The number of amides is 1. The molecular formula is C27H35N3O3S. The molecule has 0 saturated carbocycles. The van der Waals surface area contributed by atoms with Crippen molar-refractivity contribution in [3.8, 4) is 0 Å². The molecule has 1 fully saturated rings. The van der Waals surface area contributed by atoms with Gasteiger partial charge in [0, 0.05) is 13.1 Å². The van der Waals surface area contributed by atoms with Gasteiger partial charge in [-0.1, -0.05) is 51.5 Å². The normalized spacial score (nSPS) is 19.9. The van der Waals surface area contributed by atoms with Gasteiger partial charge in [0.15, 0.2) is 5.76 Å². The summed E-state index contributed by atoms with van der Waals surface area (Å²) < 4.78 is 0. The monoisotopic (exact) mass is 481 g/mol. The Kier molecular flexibility index (Phi) is 6.97. The zero-order valence-corrected chi connectivity index (χ0v) is 21.7. The number of aliphatic hydroxyl groups excluding tert-OH is 1. The van der Waals surface area contributed by atoms with Gasteiger partial charge in [-0.05, 0) is 56.3 Å². The lowest BCUT2D eigenvalue weighted by Gasteiger charge is -2.32. The molecule has 1 aromatic heterocycles. The maximum absolute atomic E-state index is 13.7. The van der Waals surface area contributed by atoms with E-state index in [-0.39, 0.29) is 16.8 Å². The van der Waals surface area contributed by atoms with Crippen molar-refractivity contribution in [2.24, 2.45) is 0 Å². The predicted molar refractivity (Wildman–Crippen MR) is 135 cm³/mol. The van der Waals surface area contributed by atoms with E-state index in [1.165, 1.54) is 36.2 Å². The number of aromatic nitrogens is 1. The second kappa shape index (κ2) is 9.62. The van der Waals surface area contributed by atoms with Crippen LogP contribution in [0.25, 0.3) is 0 Å². The van der Waals surface area contributed by atoms with Crippen LogP contribution in [0.3, 0.4) is 0 Å². The molecule has 4 rings (SSSR count). The van der Waals surface area contributed by atoms with Crippen LogP contribution in [-0.4, -0.2) is 57.8 Å². The lowest BCUT2D eigenvalue weighted by molar-refractivity contribution is -0.129. The molecule has 1 N–H and O–H groups in total. The maximum Gasteiger partial charge on any atom is 0.290 e. The van der Waals surface area contributed by atoms with Gasteiger partial charge in [-0.15, -0.1) is 11.3 Å². The first-order valence-corrected chi connectivity index (χ1v) is 12.9. The molecule has 0 bridgehead atoms. The fourth-order valence-electron chi connectivity index (χ4n) is 4.92. The van der Waals surface area contributed by atoms with E-state index in [0.717, 1.165) is 30.2 Å². The SMILES string of the molecule is Cc1nc(C)c(C(=O)C2=C(O)C(=O)N(CCN3CCCCC3)C2c2ccc(C(C)(C)C)cc2)s1. The second-order valence-corrected chi connectivity index (χ2v) is 11.6. The van der Waals surface area contributed by atoms with Crippen molar-refractivity contribution in [2.45, 2.75) is 65.3 Å². The quantitative estimate of drug-likeness (QED) is 0.580. The van der Waals surface area contributed by atoms with Crippen molar-refractivity contribution < 1.29 is 14.7 Å². The van der Waals surface area contributed by atoms with Crippen LogP contribution < -0.4 is 0 Å². The highest BCUT2D eigenvalue weighted by molar-refractivity contribution is 7.14. The minimum absolute atomic E-state index is 0.00806. The van der Waals surface area contributed by atoms with Gasteiger partial charge in [0.05, 0.1) is 27.2 Å². The van der Waals surface area contributed by atoms with E-state index in [1.54, 1.807) is 11.8 Å². The first kappa shape index (κ1) is 24.6. The molecule has 1 saturated heterocycles. The van der Waals surface area contributed by atoms with E-state index in [1.807, 2.05) is 19.1 Å². The third kappa shape index (κ3) is 4.82. The third-order valence-electron chi connectivity index (χ3n) is 6.86. The van der Waals surface area contributed by atoms with E-state index in [4.69, 9.17) is 0 Å². The average Bonchev–Trinajstić information content (AvgIpc) is 3.27. The highest BCUT2D eigenvalue weighted by Crippen LogP contribution is 2.40. The van der Waals surface area contributed by atoms with Gasteiger partial charge in [0.2, 0.25) is 5.78 Å². The largest absolute Gasteiger partial charge is 0.503 e. The van der Waals surface area contributed by atoms with Crippen LogP contribution in [0.4, 0.5) is 0 Å². The lowest BCUT2D eigenvalue weighted by Crippen LogP contribution is -2.40. The molecule has 0 spiro atoms. The summed E-state index contributed by atoms with van der Waals surface area (Å²) in [4.78, 5) is 35.8. The third-order valence-corrected chi connectivity index (χ3v) is 7.93. The number of ketones is 1. The number of aryl methyl sites for hydroxylation is 2. The number of Topliss-reactive ketones (excluding diaryl/α,β-unsaturated/α-hetero) is 1. The topological polar surface area (TPSA) is 73.7 Å². The second-order valence-electron chi connectivity index (χ2n) is 10.4. The number of likely N-dealkylation sites (tertiary alicyclic amines) is 1. The number of nitrogens with zero attached hydrogens (tertiary/aromatic N) is 3. The molecular weight excluding hydrogens is 446 g/mol. The molecule has 0 aliphatic carbocycles. The molecule has 1 aromatic carbocycles. The van der Waals surface area contributed by atoms with Crippen molar-refractivity contribution in [3.63, 3.8) is 0 Å². The van der Waals surface area contributed by atoms with Crippen LogP contribution in [0, 0.1) is 13.8 Å². The molecule has 1 atom stereocenters. The minimum atomic E-state index is -0.611. The Morgan fingerprint density at radius 1 is 1.09 bits per heavy atom. The summed E-state index contributed by atoms with van der Waals surface area (Å²) in [5.74, 6) is -1.21. The molecule has 1 unspecified atom stereocenters. The van der Waals surface area contributed by atoms with Crippen LogP contribution in [0.15, 0.2) is 35.6 Å². The van der Waals surface area contributed by atoms with Crippen LogP contribution in [0.5, 0.6) is 0 Å².